The Morgan fingerprint density at radius 2 is 2.17 bits per heavy atom. The summed E-state index contributed by atoms with van der Waals surface area (Å²) in [5.74, 6) is -0.400. The fraction of sp³-hybridized carbons (Fsp3) is 0.133. The van der Waals surface area contributed by atoms with Gasteiger partial charge >= 0.3 is 0 Å². The Hall–Kier alpha value is -2.74. The number of nitrogens with zero attached hydrogens (tertiary/aromatic N) is 3. The molecule has 3 aromatic rings. The number of thiazole rings is 1. The van der Waals surface area contributed by atoms with Gasteiger partial charge in [-0.25, -0.2) is 14.1 Å². The first-order valence-electron chi connectivity index (χ1n) is 6.86. The van der Waals surface area contributed by atoms with Gasteiger partial charge in [0, 0.05) is 11.6 Å². The van der Waals surface area contributed by atoms with E-state index in [1.54, 1.807) is 29.9 Å². The van der Waals surface area contributed by atoms with Gasteiger partial charge < -0.3 is 4.74 Å². The molecule has 0 atom stereocenters. The molecule has 23 heavy (non-hydrogen) atoms. The maximum absolute atomic E-state index is 13.0. The number of amides is 1. The van der Waals surface area contributed by atoms with Crippen molar-refractivity contribution in [3.8, 4) is 11.4 Å². The van der Waals surface area contributed by atoms with Gasteiger partial charge in [-0.15, -0.1) is 11.3 Å². The van der Waals surface area contributed by atoms with Gasteiger partial charge in [0.1, 0.15) is 5.82 Å². The molecule has 8 heteroatoms. The van der Waals surface area contributed by atoms with Gasteiger partial charge in [0.15, 0.2) is 16.6 Å². The molecule has 1 aromatic carbocycles. The molecule has 118 valence electrons. The Labute approximate surface area is 135 Å². The quantitative estimate of drug-likeness (QED) is 0.779. The van der Waals surface area contributed by atoms with Crippen molar-refractivity contribution in [2.24, 2.45) is 0 Å². The van der Waals surface area contributed by atoms with Crippen molar-refractivity contribution in [3.05, 3.63) is 53.6 Å². The Morgan fingerprint density at radius 1 is 1.39 bits per heavy atom. The zero-order chi connectivity index (χ0) is 16.2. The molecule has 0 aliphatic rings. The Bertz CT molecular complexity index is 800. The van der Waals surface area contributed by atoms with Crippen LogP contribution in [-0.4, -0.2) is 27.3 Å². The van der Waals surface area contributed by atoms with E-state index in [0.29, 0.717) is 23.2 Å². The summed E-state index contributed by atoms with van der Waals surface area (Å²) in [6.07, 6.45) is 3.19. The second-order valence-corrected chi connectivity index (χ2v) is 5.38. The molecule has 1 amide bonds. The van der Waals surface area contributed by atoms with Crippen LogP contribution in [0.15, 0.2) is 42.0 Å². The molecule has 0 bridgehead atoms. The van der Waals surface area contributed by atoms with E-state index in [0.717, 1.165) is 0 Å². The minimum Gasteiger partial charge on any atom is -0.490 e. The number of aromatic nitrogens is 3. The monoisotopic (exact) mass is 332 g/mol. The lowest BCUT2D eigenvalue weighted by atomic mass is 10.3. The molecule has 0 saturated carbocycles. The molecule has 3 rings (SSSR count). The second-order valence-electron chi connectivity index (χ2n) is 4.49. The van der Waals surface area contributed by atoms with Crippen molar-refractivity contribution in [2.45, 2.75) is 6.92 Å². The molecule has 0 fully saturated rings. The number of hydrogen-bond acceptors (Lipinski definition) is 5. The summed E-state index contributed by atoms with van der Waals surface area (Å²) in [5.41, 5.74) is 0.770. The lowest BCUT2D eigenvalue weighted by Gasteiger charge is -2.02. The third-order valence-electron chi connectivity index (χ3n) is 2.94. The van der Waals surface area contributed by atoms with Gasteiger partial charge in [0.25, 0.3) is 5.91 Å². The van der Waals surface area contributed by atoms with E-state index in [1.165, 1.54) is 28.2 Å². The van der Waals surface area contributed by atoms with Gasteiger partial charge in [0.2, 0.25) is 0 Å². The molecular formula is C15H13FN4O2S. The highest BCUT2D eigenvalue weighted by Gasteiger charge is 2.19. The summed E-state index contributed by atoms with van der Waals surface area (Å²) in [6.45, 7) is 2.21. The number of nitrogens with one attached hydrogen (secondary N) is 1. The summed E-state index contributed by atoms with van der Waals surface area (Å²) in [6, 6.07) is 5.79. The molecule has 0 saturated heterocycles. The molecule has 0 spiro atoms. The van der Waals surface area contributed by atoms with Crippen LogP contribution in [-0.2, 0) is 0 Å². The maximum atomic E-state index is 13.0. The topological polar surface area (TPSA) is 69.0 Å². The molecule has 2 aromatic heterocycles. The van der Waals surface area contributed by atoms with Crippen LogP contribution in [0.25, 0.3) is 5.69 Å². The van der Waals surface area contributed by atoms with E-state index >= 15 is 0 Å². The number of rotatable bonds is 5. The van der Waals surface area contributed by atoms with Crippen molar-refractivity contribution >= 4 is 22.4 Å². The molecule has 0 aliphatic carbocycles. The smallest absolute Gasteiger partial charge is 0.281 e. The van der Waals surface area contributed by atoms with Crippen LogP contribution in [0.3, 0.4) is 0 Å². The van der Waals surface area contributed by atoms with Crippen molar-refractivity contribution in [3.63, 3.8) is 0 Å². The highest BCUT2D eigenvalue weighted by molar-refractivity contribution is 7.13. The molecule has 0 aliphatic heterocycles. The normalized spacial score (nSPS) is 10.5. The average Bonchev–Trinajstić information content (AvgIpc) is 3.18. The minimum atomic E-state index is -0.413. The third kappa shape index (κ3) is 3.37. The predicted octanol–water partition coefficient (Wildman–Crippen LogP) is 3.12. The Morgan fingerprint density at radius 3 is 2.83 bits per heavy atom. The molecule has 0 unspecified atom stereocenters. The highest BCUT2D eigenvalue weighted by atomic mass is 32.1. The Balaban J connectivity index is 1.92. The van der Waals surface area contributed by atoms with E-state index in [1.807, 2.05) is 6.92 Å². The van der Waals surface area contributed by atoms with Crippen molar-refractivity contribution < 1.29 is 13.9 Å². The molecular weight excluding hydrogens is 319 g/mol. The summed E-state index contributed by atoms with van der Waals surface area (Å²) < 4.78 is 20.0. The zero-order valence-corrected chi connectivity index (χ0v) is 13.0. The molecule has 2 heterocycles. The van der Waals surface area contributed by atoms with Crippen LogP contribution in [0.4, 0.5) is 9.52 Å². The standard InChI is InChI=1S/C15H13FN4O2S/c1-2-22-12-9-20(11-5-3-10(16)4-6-11)19-13(12)14(21)18-15-17-7-8-23-15/h3-9H,2H2,1H3,(H,17,18,21). The van der Waals surface area contributed by atoms with Crippen molar-refractivity contribution in [1.82, 2.24) is 14.8 Å². The lowest BCUT2D eigenvalue weighted by Crippen LogP contribution is -2.14. The van der Waals surface area contributed by atoms with Gasteiger partial charge in [0.05, 0.1) is 18.5 Å². The first kappa shape index (κ1) is 15.2. The summed E-state index contributed by atoms with van der Waals surface area (Å²) in [7, 11) is 0. The SMILES string of the molecule is CCOc1cn(-c2ccc(F)cc2)nc1C(=O)Nc1nccs1. The zero-order valence-electron chi connectivity index (χ0n) is 12.2. The largest absolute Gasteiger partial charge is 0.490 e. The summed E-state index contributed by atoms with van der Waals surface area (Å²) in [5, 5.41) is 9.15. The molecule has 1 N–H and O–H groups in total. The molecule has 6 nitrogen and oxygen atoms in total. The van der Waals surface area contributed by atoms with Crippen LogP contribution >= 0.6 is 11.3 Å². The van der Waals surface area contributed by atoms with Crippen LogP contribution < -0.4 is 10.1 Å². The van der Waals surface area contributed by atoms with Crippen LogP contribution in [0.5, 0.6) is 5.75 Å². The van der Waals surface area contributed by atoms with Crippen LogP contribution in [0, 0.1) is 5.82 Å². The van der Waals surface area contributed by atoms with E-state index < -0.39 is 5.91 Å². The average molecular weight is 332 g/mol. The first-order chi connectivity index (χ1) is 11.2. The number of carbonyl (C=O) groups is 1. The second kappa shape index (κ2) is 6.57. The van der Waals surface area contributed by atoms with Crippen molar-refractivity contribution in [2.75, 3.05) is 11.9 Å². The fourth-order valence-electron chi connectivity index (χ4n) is 1.94. The number of hydrogen-bond donors (Lipinski definition) is 1. The third-order valence-corrected chi connectivity index (χ3v) is 3.63. The van der Waals surface area contributed by atoms with E-state index in [-0.39, 0.29) is 11.5 Å². The summed E-state index contributed by atoms with van der Waals surface area (Å²) in [4.78, 5) is 16.3. The van der Waals surface area contributed by atoms with Gasteiger partial charge in [-0.3, -0.25) is 10.1 Å². The molecule has 0 radical (unpaired) electrons. The number of carbonyl (C=O) groups excluding carboxylic acids is 1. The maximum Gasteiger partial charge on any atom is 0.281 e. The predicted molar refractivity (Wildman–Crippen MR) is 84.8 cm³/mol. The van der Waals surface area contributed by atoms with Gasteiger partial charge in [-0.2, -0.15) is 5.10 Å². The van der Waals surface area contributed by atoms with Gasteiger partial charge in [-0.05, 0) is 31.2 Å². The first-order valence-corrected chi connectivity index (χ1v) is 7.74. The Kier molecular flexibility index (Phi) is 4.33. The fourth-order valence-corrected chi connectivity index (χ4v) is 2.47. The van der Waals surface area contributed by atoms with Gasteiger partial charge in [-0.1, -0.05) is 0 Å². The van der Waals surface area contributed by atoms with E-state index in [9.17, 15) is 9.18 Å². The van der Waals surface area contributed by atoms with E-state index in [4.69, 9.17) is 4.74 Å². The van der Waals surface area contributed by atoms with Crippen LogP contribution in [0.1, 0.15) is 17.4 Å². The number of anilines is 1. The lowest BCUT2D eigenvalue weighted by molar-refractivity contribution is 0.101. The van der Waals surface area contributed by atoms with Crippen molar-refractivity contribution in [1.29, 1.82) is 0 Å². The van der Waals surface area contributed by atoms with E-state index in [2.05, 4.69) is 15.4 Å². The minimum absolute atomic E-state index is 0.145. The number of halogens is 1. The number of ether oxygens (including phenoxy) is 1. The highest BCUT2D eigenvalue weighted by Crippen LogP contribution is 2.22. The number of benzene rings is 1. The van der Waals surface area contributed by atoms with Crippen LogP contribution in [0.2, 0.25) is 0 Å². The summed E-state index contributed by atoms with van der Waals surface area (Å²) >= 11 is 1.31.